The molecule has 0 bridgehead atoms. The molecule has 0 saturated heterocycles. The molecule has 5 heteroatoms. The molecular weight excluding hydrogens is 248 g/mol. The fraction of sp³-hybridized carbons (Fsp3) is 0.0714. The molecule has 3 rings (SSSR count). The van der Waals surface area contributed by atoms with E-state index in [0.29, 0.717) is 22.3 Å². The molecule has 0 aliphatic heterocycles. The topological polar surface area (TPSA) is 43.8 Å². The number of benzene rings is 2. The molecule has 0 saturated carbocycles. The maximum absolute atomic E-state index is 13.6. The van der Waals surface area contributed by atoms with Crippen molar-refractivity contribution in [3.05, 3.63) is 53.6 Å². The number of imidazole rings is 1. The Morgan fingerprint density at radius 1 is 1.16 bits per heavy atom. The molecule has 0 radical (unpaired) electrons. The van der Waals surface area contributed by atoms with E-state index in [9.17, 15) is 8.78 Å². The van der Waals surface area contributed by atoms with Crippen LogP contribution in [0.4, 0.5) is 14.7 Å². The van der Waals surface area contributed by atoms with Crippen LogP contribution in [0.3, 0.4) is 0 Å². The van der Waals surface area contributed by atoms with Gasteiger partial charge in [0.05, 0.1) is 16.7 Å². The monoisotopic (exact) mass is 259 g/mol. The van der Waals surface area contributed by atoms with Crippen LogP contribution >= 0.6 is 0 Å². The fourth-order valence-electron chi connectivity index (χ4n) is 2.16. The SMILES string of the molecule is Cc1c(F)cccc1-n1c(N)nc2ccc(F)cc21. The number of aromatic nitrogens is 2. The van der Waals surface area contributed by atoms with Crippen molar-refractivity contribution < 1.29 is 8.78 Å². The number of halogens is 2. The van der Waals surface area contributed by atoms with Crippen molar-refractivity contribution in [2.45, 2.75) is 6.92 Å². The van der Waals surface area contributed by atoms with Crippen LogP contribution in [0.1, 0.15) is 5.56 Å². The molecule has 3 nitrogen and oxygen atoms in total. The lowest BCUT2D eigenvalue weighted by molar-refractivity contribution is 0.617. The Bertz CT molecular complexity index is 778. The normalized spacial score (nSPS) is 11.1. The van der Waals surface area contributed by atoms with Gasteiger partial charge in [0, 0.05) is 11.6 Å². The summed E-state index contributed by atoms with van der Waals surface area (Å²) < 4.78 is 28.6. The number of hydrogen-bond acceptors (Lipinski definition) is 2. The molecule has 0 spiro atoms. The van der Waals surface area contributed by atoms with E-state index in [0.717, 1.165) is 0 Å². The average Bonchev–Trinajstić information content (AvgIpc) is 2.69. The molecule has 2 aromatic carbocycles. The first-order chi connectivity index (χ1) is 9.08. The van der Waals surface area contributed by atoms with Crippen molar-refractivity contribution in [3.8, 4) is 5.69 Å². The van der Waals surface area contributed by atoms with Crippen LogP contribution in [-0.4, -0.2) is 9.55 Å². The third kappa shape index (κ3) is 1.74. The fourth-order valence-corrected chi connectivity index (χ4v) is 2.16. The first-order valence-corrected chi connectivity index (χ1v) is 5.77. The number of nitrogen functional groups attached to an aromatic ring is 1. The lowest BCUT2D eigenvalue weighted by Crippen LogP contribution is -2.03. The zero-order chi connectivity index (χ0) is 13.6. The Balaban J connectivity index is 2.39. The van der Waals surface area contributed by atoms with Gasteiger partial charge in [-0.25, -0.2) is 13.8 Å². The van der Waals surface area contributed by atoms with Gasteiger partial charge in [0.2, 0.25) is 5.95 Å². The van der Waals surface area contributed by atoms with Crippen molar-refractivity contribution >= 4 is 17.0 Å². The molecule has 1 aromatic heterocycles. The highest BCUT2D eigenvalue weighted by Crippen LogP contribution is 2.26. The minimum absolute atomic E-state index is 0.203. The predicted octanol–water partition coefficient (Wildman–Crippen LogP) is 3.19. The van der Waals surface area contributed by atoms with Crippen molar-refractivity contribution in [1.82, 2.24) is 9.55 Å². The molecule has 19 heavy (non-hydrogen) atoms. The number of hydrogen-bond donors (Lipinski definition) is 1. The van der Waals surface area contributed by atoms with Crippen LogP contribution in [0.5, 0.6) is 0 Å². The Kier molecular flexibility index (Phi) is 2.48. The molecule has 2 N–H and O–H groups in total. The summed E-state index contributed by atoms with van der Waals surface area (Å²) in [6.07, 6.45) is 0. The minimum atomic E-state index is -0.386. The predicted molar refractivity (Wildman–Crippen MR) is 70.1 cm³/mol. The third-order valence-corrected chi connectivity index (χ3v) is 3.12. The van der Waals surface area contributed by atoms with Gasteiger partial charge in [-0.2, -0.15) is 0 Å². The highest BCUT2D eigenvalue weighted by Gasteiger charge is 2.14. The molecule has 0 aliphatic rings. The quantitative estimate of drug-likeness (QED) is 0.729. The lowest BCUT2D eigenvalue weighted by Gasteiger charge is -2.10. The number of fused-ring (bicyclic) bond motifs is 1. The number of nitrogens with zero attached hydrogens (tertiary/aromatic N) is 2. The van der Waals surface area contributed by atoms with E-state index in [-0.39, 0.29) is 17.6 Å². The van der Waals surface area contributed by atoms with Gasteiger partial charge in [0.15, 0.2) is 0 Å². The standard InChI is InChI=1S/C14H11F2N3/c1-8-10(16)3-2-4-12(8)19-13-7-9(15)5-6-11(13)18-14(19)17/h2-7H,1H3,(H2,17,18). The Hall–Kier alpha value is -2.43. The maximum Gasteiger partial charge on any atom is 0.205 e. The Morgan fingerprint density at radius 2 is 1.95 bits per heavy atom. The second-order valence-corrected chi connectivity index (χ2v) is 4.32. The summed E-state index contributed by atoms with van der Waals surface area (Å²) in [4.78, 5) is 4.15. The molecule has 0 fully saturated rings. The average molecular weight is 259 g/mol. The van der Waals surface area contributed by atoms with Crippen molar-refractivity contribution in [3.63, 3.8) is 0 Å². The number of rotatable bonds is 1. The van der Waals surface area contributed by atoms with Crippen LogP contribution in [0.15, 0.2) is 36.4 Å². The van der Waals surface area contributed by atoms with Gasteiger partial charge in [-0.15, -0.1) is 0 Å². The van der Waals surface area contributed by atoms with Gasteiger partial charge in [-0.3, -0.25) is 4.57 Å². The molecular formula is C14H11F2N3. The van der Waals surface area contributed by atoms with Crippen LogP contribution in [0.2, 0.25) is 0 Å². The second-order valence-electron chi connectivity index (χ2n) is 4.32. The van der Waals surface area contributed by atoms with Crippen LogP contribution in [0.25, 0.3) is 16.7 Å². The van der Waals surface area contributed by atoms with Crippen LogP contribution in [-0.2, 0) is 0 Å². The smallest absolute Gasteiger partial charge is 0.205 e. The molecule has 0 unspecified atom stereocenters. The van der Waals surface area contributed by atoms with Gasteiger partial charge >= 0.3 is 0 Å². The van der Waals surface area contributed by atoms with E-state index in [1.165, 1.54) is 18.2 Å². The lowest BCUT2D eigenvalue weighted by atomic mass is 10.2. The molecule has 0 amide bonds. The van der Waals surface area contributed by atoms with E-state index in [1.807, 2.05) is 0 Å². The van der Waals surface area contributed by atoms with Crippen molar-refractivity contribution in [1.29, 1.82) is 0 Å². The number of nitrogens with two attached hydrogens (primary N) is 1. The summed E-state index contributed by atoms with van der Waals surface area (Å²) in [7, 11) is 0. The maximum atomic E-state index is 13.6. The van der Waals surface area contributed by atoms with Gasteiger partial charge in [-0.05, 0) is 31.2 Å². The van der Waals surface area contributed by atoms with Gasteiger partial charge in [-0.1, -0.05) is 6.07 Å². The highest BCUT2D eigenvalue weighted by atomic mass is 19.1. The van der Waals surface area contributed by atoms with Crippen molar-refractivity contribution in [2.75, 3.05) is 5.73 Å². The Labute approximate surface area is 108 Å². The van der Waals surface area contributed by atoms with Crippen LogP contribution < -0.4 is 5.73 Å². The van der Waals surface area contributed by atoms with E-state index >= 15 is 0 Å². The summed E-state index contributed by atoms with van der Waals surface area (Å²) in [5.41, 5.74) is 7.96. The molecule has 0 aliphatic carbocycles. The highest BCUT2D eigenvalue weighted by molar-refractivity contribution is 5.81. The molecule has 3 aromatic rings. The summed E-state index contributed by atoms with van der Waals surface area (Å²) in [5, 5.41) is 0. The first kappa shape index (κ1) is 11.6. The van der Waals surface area contributed by atoms with Gasteiger partial charge in [0.1, 0.15) is 11.6 Å². The largest absolute Gasteiger partial charge is 0.369 e. The number of anilines is 1. The van der Waals surface area contributed by atoms with E-state index in [1.54, 1.807) is 29.7 Å². The first-order valence-electron chi connectivity index (χ1n) is 5.77. The second kappa shape index (κ2) is 4.05. The minimum Gasteiger partial charge on any atom is -0.369 e. The summed E-state index contributed by atoms with van der Waals surface area (Å²) in [6.45, 7) is 1.65. The molecule has 1 heterocycles. The van der Waals surface area contributed by atoms with Gasteiger partial charge in [0.25, 0.3) is 0 Å². The Morgan fingerprint density at radius 3 is 2.74 bits per heavy atom. The van der Waals surface area contributed by atoms with Crippen LogP contribution in [0, 0.1) is 18.6 Å². The van der Waals surface area contributed by atoms with Crippen molar-refractivity contribution in [2.24, 2.45) is 0 Å². The van der Waals surface area contributed by atoms with Gasteiger partial charge < -0.3 is 5.73 Å². The van der Waals surface area contributed by atoms with E-state index in [4.69, 9.17) is 5.73 Å². The summed E-state index contributed by atoms with van der Waals surface area (Å²) >= 11 is 0. The zero-order valence-electron chi connectivity index (χ0n) is 10.2. The molecule has 0 atom stereocenters. The zero-order valence-corrected chi connectivity index (χ0v) is 10.2. The molecule has 96 valence electrons. The third-order valence-electron chi connectivity index (χ3n) is 3.12. The summed E-state index contributed by atoms with van der Waals surface area (Å²) in [6, 6.07) is 8.88. The van der Waals surface area contributed by atoms with E-state index in [2.05, 4.69) is 4.98 Å². The summed E-state index contributed by atoms with van der Waals surface area (Å²) in [5.74, 6) is -0.521. The van der Waals surface area contributed by atoms with E-state index < -0.39 is 0 Å².